The van der Waals surface area contributed by atoms with Crippen molar-refractivity contribution < 1.29 is 22.7 Å². The molecule has 0 aliphatic carbocycles. The fourth-order valence-corrected chi connectivity index (χ4v) is 2.40. The molecule has 2 N–H and O–H groups in total. The SMILES string of the molecule is CNC(C(=O)NCCc1ccccc1OC(F)(F)F)c1cnn(C)c1. The zero-order chi connectivity index (χ0) is 18.4. The molecule has 0 fully saturated rings. The summed E-state index contributed by atoms with van der Waals surface area (Å²) in [5.41, 5.74) is 1.06. The second kappa shape index (κ2) is 8.02. The van der Waals surface area contributed by atoms with Crippen LogP contribution < -0.4 is 15.4 Å². The minimum Gasteiger partial charge on any atom is -0.406 e. The lowest BCUT2D eigenvalue weighted by Crippen LogP contribution is -2.36. The van der Waals surface area contributed by atoms with Gasteiger partial charge in [0.05, 0.1) is 6.20 Å². The van der Waals surface area contributed by atoms with Gasteiger partial charge < -0.3 is 15.4 Å². The summed E-state index contributed by atoms with van der Waals surface area (Å²) in [7, 11) is 3.38. The van der Waals surface area contributed by atoms with E-state index in [9.17, 15) is 18.0 Å². The third-order valence-corrected chi connectivity index (χ3v) is 3.50. The summed E-state index contributed by atoms with van der Waals surface area (Å²) in [6, 6.07) is 5.27. The van der Waals surface area contributed by atoms with Gasteiger partial charge >= 0.3 is 6.36 Å². The average Bonchev–Trinajstić information content (AvgIpc) is 2.94. The molecule has 0 aliphatic heterocycles. The van der Waals surface area contributed by atoms with Crippen molar-refractivity contribution in [3.63, 3.8) is 0 Å². The van der Waals surface area contributed by atoms with E-state index < -0.39 is 12.4 Å². The molecule has 136 valence electrons. The lowest BCUT2D eigenvalue weighted by Gasteiger charge is -2.16. The Morgan fingerprint density at radius 2 is 2.08 bits per heavy atom. The van der Waals surface area contributed by atoms with E-state index in [0.717, 1.165) is 0 Å². The molecule has 2 rings (SSSR count). The first-order valence-corrected chi connectivity index (χ1v) is 7.57. The number of benzene rings is 1. The van der Waals surface area contributed by atoms with Crippen LogP contribution in [0.15, 0.2) is 36.7 Å². The molecule has 1 amide bonds. The highest BCUT2D eigenvalue weighted by molar-refractivity contribution is 5.83. The first kappa shape index (κ1) is 18.8. The van der Waals surface area contributed by atoms with Gasteiger partial charge in [-0.05, 0) is 25.1 Å². The maximum atomic E-state index is 12.4. The van der Waals surface area contributed by atoms with Crippen LogP contribution >= 0.6 is 0 Å². The van der Waals surface area contributed by atoms with Gasteiger partial charge in [-0.15, -0.1) is 13.2 Å². The fraction of sp³-hybridized carbons (Fsp3) is 0.375. The Hall–Kier alpha value is -2.55. The second-order valence-corrected chi connectivity index (χ2v) is 5.37. The average molecular weight is 356 g/mol. The lowest BCUT2D eigenvalue weighted by atomic mass is 10.1. The van der Waals surface area contributed by atoms with Crippen LogP contribution in [0.3, 0.4) is 0 Å². The van der Waals surface area contributed by atoms with Crippen molar-refractivity contribution in [3.05, 3.63) is 47.8 Å². The molecule has 25 heavy (non-hydrogen) atoms. The minimum atomic E-state index is -4.75. The van der Waals surface area contributed by atoms with Gasteiger partial charge in [0.25, 0.3) is 0 Å². The van der Waals surface area contributed by atoms with E-state index in [-0.39, 0.29) is 24.6 Å². The summed E-state index contributed by atoms with van der Waals surface area (Å²) in [6.07, 6.45) is -1.25. The number of carbonyl (C=O) groups is 1. The lowest BCUT2D eigenvalue weighted by molar-refractivity contribution is -0.274. The Morgan fingerprint density at radius 3 is 2.68 bits per heavy atom. The van der Waals surface area contributed by atoms with Crippen LogP contribution in [0.25, 0.3) is 0 Å². The molecule has 1 atom stereocenters. The number of nitrogens with zero attached hydrogens (tertiary/aromatic N) is 2. The molecule has 0 bridgehead atoms. The number of ether oxygens (including phenoxy) is 1. The van der Waals surface area contributed by atoms with Gasteiger partial charge in [-0.3, -0.25) is 9.48 Å². The molecule has 9 heteroatoms. The van der Waals surface area contributed by atoms with E-state index in [1.807, 2.05) is 0 Å². The molecule has 1 aromatic carbocycles. The number of aromatic nitrogens is 2. The second-order valence-electron chi connectivity index (χ2n) is 5.37. The molecular weight excluding hydrogens is 337 g/mol. The van der Waals surface area contributed by atoms with Gasteiger partial charge in [-0.25, -0.2) is 0 Å². The van der Waals surface area contributed by atoms with Crippen LogP contribution in [0, 0.1) is 0 Å². The largest absolute Gasteiger partial charge is 0.573 e. The molecule has 0 spiro atoms. The number of hydrogen-bond donors (Lipinski definition) is 2. The van der Waals surface area contributed by atoms with Gasteiger partial charge in [0.2, 0.25) is 5.91 Å². The van der Waals surface area contributed by atoms with E-state index in [4.69, 9.17) is 0 Å². The van der Waals surface area contributed by atoms with E-state index in [1.54, 1.807) is 37.2 Å². The Bertz CT molecular complexity index is 715. The molecule has 0 radical (unpaired) electrons. The maximum Gasteiger partial charge on any atom is 0.573 e. The third kappa shape index (κ3) is 5.49. The fourth-order valence-electron chi connectivity index (χ4n) is 2.40. The molecule has 1 unspecified atom stereocenters. The van der Waals surface area contributed by atoms with Crippen LogP contribution in [-0.4, -0.2) is 35.6 Å². The van der Waals surface area contributed by atoms with Crippen LogP contribution in [-0.2, 0) is 18.3 Å². The topological polar surface area (TPSA) is 68.2 Å². The van der Waals surface area contributed by atoms with Crippen LogP contribution in [0.2, 0.25) is 0 Å². The van der Waals surface area contributed by atoms with E-state index >= 15 is 0 Å². The number of likely N-dealkylation sites (N-methyl/N-ethyl adjacent to an activating group) is 1. The van der Waals surface area contributed by atoms with Crippen molar-refractivity contribution in [2.24, 2.45) is 7.05 Å². The van der Waals surface area contributed by atoms with Crippen LogP contribution in [0.1, 0.15) is 17.2 Å². The van der Waals surface area contributed by atoms with E-state index in [2.05, 4.69) is 20.5 Å². The highest BCUT2D eigenvalue weighted by atomic mass is 19.4. The molecular formula is C16H19F3N4O2. The molecule has 0 saturated heterocycles. The van der Waals surface area contributed by atoms with Gasteiger partial charge in [0.1, 0.15) is 11.8 Å². The Labute approximate surface area is 143 Å². The monoisotopic (exact) mass is 356 g/mol. The number of para-hydroxylation sites is 1. The number of carbonyl (C=O) groups excluding carboxylic acids is 1. The van der Waals surface area contributed by atoms with Gasteiger partial charge in [0.15, 0.2) is 0 Å². The predicted octanol–water partition coefficient (Wildman–Crippen LogP) is 1.94. The smallest absolute Gasteiger partial charge is 0.406 e. The van der Waals surface area contributed by atoms with E-state index in [0.29, 0.717) is 11.1 Å². The molecule has 6 nitrogen and oxygen atoms in total. The van der Waals surface area contributed by atoms with Gasteiger partial charge in [-0.1, -0.05) is 18.2 Å². The summed E-state index contributed by atoms with van der Waals surface area (Å²) < 4.78 is 42.8. The summed E-state index contributed by atoms with van der Waals surface area (Å²) in [6.45, 7) is 0.176. The number of amides is 1. The number of aryl methyl sites for hydroxylation is 1. The standard InChI is InChI=1S/C16H19F3N4O2/c1-20-14(12-9-22-23(2)10-12)15(24)21-8-7-11-5-3-4-6-13(11)25-16(17,18)19/h3-6,9-10,14,20H,7-8H2,1-2H3,(H,21,24). The minimum absolute atomic E-state index is 0.176. The maximum absolute atomic E-state index is 12.4. The summed E-state index contributed by atoms with van der Waals surface area (Å²) >= 11 is 0. The first-order valence-electron chi connectivity index (χ1n) is 7.57. The summed E-state index contributed by atoms with van der Waals surface area (Å²) in [4.78, 5) is 12.3. The Kier molecular flexibility index (Phi) is 6.02. The van der Waals surface area contributed by atoms with Crippen molar-refractivity contribution in [2.45, 2.75) is 18.8 Å². The molecule has 0 saturated carbocycles. The van der Waals surface area contributed by atoms with Crippen molar-refractivity contribution in [3.8, 4) is 5.75 Å². The zero-order valence-electron chi connectivity index (χ0n) is 13.8. The predicted molar refractivity (Wildman–Crippen MR) is 84.8 cm³/mol. The zero-order valence-corrected chi connectivity index (χ0v) is 13.8. The number of alkyl halides is 3. The number of halogens is 3. The van der Waals surface area contributed by atoms with Crippen molar-refractivity contribution in [1.29, 1.82) is 0 Å². The van der Waals surface area contributed by atoms with Crippen LogP contribution in [0.5, 0.6) is 5.75 Å². The van der Waals surface area contributed by atoms with Crippen molar-refractivity contribution in [2.75, 3.05) is 13.6 Å². The Morgan fingerprint density at radius 1 is 1.36 bits per heavy atom. The van der Waals surface area contributed by atoms with Gasteiger partial charge in [0, 0.05) is 25.4 Å². The van der Waals surface area contributed by atoms with Crippen molar-refractivity contribution >= 4 is 5.91 Å². The molecule has 2 aromatic rings. The number of hydrogen-bond acceptors (Lipinski definition) is 4. The van der Waals surface area contributed by atoms with Gasteiger partial charge in [-0.2, -0.15) is 5.10 Å². The molecule has 1 heterocycles. The molecule has 1 aromatic heterocycles. The van der Waals surface area contributed by atoms with E-state index in [1.165, 1.54) is 18.2 Å². The summed E-state index contributed by atoms with van der Waals surface area (Å²) in [5, 5.41) is 9.60. The quantitative estimate of drug-likeness (QED) is 0.796. The summed E-state index contributed by atoms with van der Waals surface area (Å²) in [5.74, 6) is -0.550. The number of nitrogens with one attached hydrogen (secondary N) is 2. The van der Waals surface area contributed by atoms with Crippen LogP contribution in [0.4, 0.5) is 13.2 Å². The normalized spacial score (nSPS) is 12.7. The van der Waals surface area contributed by atoms with Crippen molar-refractivity contribution in [1.82, 2.24) is 20.4 Å². The third-order valence-electron chi connectivity index (χ3n) is 3.50. The highest BCUT2D eigenvalue weighted by Crippen LogP contribution is 2.26. The highest BCUT2D eigenvalue weighted by Gasteiger charge is 2.31. The first-order chi connectivity index (χ1) is 11.8. The Balaban J connectivity index is 1.95. The molecule has 0 aliphatic rings. The number of rotatable bonds is 7.